The van der Waals surface area contributed by atoms with Crippen molar-refractivity contribution in [3.8, 4) is 5.75 Å². The number of rotatable bonds is 11. The maximum absolute atomic E-state index is 14.0. The van der Waals surface area contributed by atoms with Crippen LogP contribution in [-0.4, -0.2) is 59.7 Å². The van der Waals surface area contributed by atoms with Gasteiger partial charge in [-0.15, -0.1) is 0 Å². The van der Waals surface area contributed by atoms with E-state index in [1.165, 1.54) is 11.8 Å². The Bertz CT molecular complexity index is 1340. The van der Waals surface area contributed by atoms with Gasteiger partial charge in [0.15, 0.2) is 5.16 Å². The quantitative estimate of drug-likeness (QED) is 0.180. The molecule has 1 N–H and O–H groups in total. The number of methoxy groups -OCH3 is 1. The van der Waals surface area contributed by atoms with Crippen molar-refractivity contribution in [2.75, 3.05) is 37.2 Å². The van der Waals surface area contributed by atoms with Gasteiger partial charge in [-0.2, -0.15) is 0 Å². The van der Waals surface area contributed by atoms with Crippen LogP contribution in [0.2, 0.25) is 0 Å². The van der Waals surface area contributed by atoms with Gasteiger partial charge in [0, 0.05) is 43.4 Å². The Hall–Kier alpha value is -3.85. The number of aryl methyl sites for hydroxylation is 2. The average molecular weight is 574 g/mol. The van der Waals surface area contributed by atoms with Crippen molar-refractivity contribution in [1.29, 1.82) is 0 Å². The molecule has 0 bridgehead atoms. The van der Waals surface area contributed by atoms with Crippen LogP contribution in [0, 0.1) is 19.8 Å². The molecule has 1 aliphatic carbocycles. The minimum Gasteiger partial charge on any atom is -0.497 e. The molecule has 2 aromatic carbocycles. The summed E-state index contributed by atoms with van der Waals surface area (Å²) in [5.41, 5.74) is 4.38. The zero-order chi connectivity index (χ0) is 29.4. The van der Waals surface area contributed by atoms with E-state index < -0.39 is 6.04 Å². The van der Waals surface area contributed by atoms with Gasteiger partial charge < -0.3 is 19.9 Å². The van der Waals surface area contributed by atoms with Gasteiger partial charge in [0.05, 0.1) is 12.9 Å². The number of allylic oxidation sites excluding steroid dienone is 2. The summed E-state index contributed by atoms with van der Waals surface area (Å²) in [6.45, 7) is 4.13. The molecular formula is C32H39N5O3S. The summed E-state index contributed by atoms with van der Waals surface area (Å²) in [6, 6.07) is 16.6. The number of hydrogen-bond acceptors (Lipinski definition) is 7. The average Bonchev–Trinajstić information content (AvgIpc) is 2.96. The predicted octanol–water partition coefficient (Wildman–Crippen LogP) is 5.65. The largest absolute Gasteiger partial charge is 0.497 e. The summed E-state index contributed by atoms with van der Waals surface area (Å²) < 4.78 is 5.33. The van der Waals surface area contributed by atoms with Gasteiger partial charge in [0.25, 0.3) is 0 Å². The molecule has 0 saturated carbocycles. The van der Waals surface area contributed by atoms with Crippen molar-refractivity contribution in [2.45, 2.75) is 50.9 Å². The lowest BCUT2D eigenvalue weighted by atomic mass is 9.86. The Kier molecular flexibility index (Phi) is 10.4. The molecule has 1 aromatic heterocycles. The molecule has 1 aliphatic rings. The molecule has 41 heavy (non-hydrogen) atoms. The number of thioether (sulfide) groups is 1. The highest BCUT2D eigenvalue weighted by atomic mass is 32.2. The molecular weight excluding hydrogens is 534 g/mol. The number of nitrogens with zero attached hydrogens (tertiary/aromatic N) is 4. The van der Waals surface area contributed by atoms with E-state index in [4.69, 9.17) is 4.74 Å². The first-order valence-corrected chi connectivity index (χ1v) is 14.8. The van der Waals surface area contributed by atoms with E-state index >= 15 is 0 Å². The molecule has 0 saturated heterocycles. The fraction of sp³-hybridized carbons (Fsp3) is 0.375. The molecule has 0 aliphatic heterocycles. The van der Waals surface area contributed by atoms with Crippen LogP contribution >= 0.6 is 11.8 Å². The number of ether oxygens (including phenoxy) is 1. The first kappa shape index (κ1) is 30.1. The molecule has 1 heterocycles. The fourth-order valence-electron chi connectivity index (χ4n) is 5.01. The molecule has 2 amide bonds. The fourth-order valence-corrected chi connectivity index (χ4v) is 5.85. The first-order valence-electron chi connectivity index (χ1n) is 13.8. The highest BCUT2D eigenvalue weighted by Gasteiger charge is 2.36. The highest BCUT2D eigenvalue weighted by Crippen LogP contribution is 2.29. The Morgan fingerprint density at radius 2 is 1.71 bits per heavy atom. The zero-order valence-corrected chi connectivity index (χ0v) is 25.3. The Morgan fingerprint density at radius 3 is 2.29 bits per heavy atom. The van der Waals surface area contributed by atoms with E-state index in [-0.39, 0.29) is 23.5 Å². The van der Waals surface area contributed by atoms with E-state index in [2.05, 4.69) is 27.4 Å². The van der Waals surface area contributed by atoms with Crippen molar-refractivity contribution in [1.82, 2.24) is 14.9 Å². The number of benzene rings is 2. The van der Waals surface area contributed by atoms with Gasteiger partial charge in [0.1, 0.15) is 11.8 Å². The third-order valence-electron chi connectivity index (χ3n) is 7.13. The number of nitrogens with one attached hydrogen (secondary N) is 1. The van der Waals surface area contributed by atoms with Gasteiger partial charge in [-0.05, 0) is 87.1 Å². The summed E-state index contributed by atoms with van der Waals surface area (Å²) in [5, 5.41) is 3.66. The highest BCUT2D eigenvalue weighted by molar-refractivity contribution is 7.99. The van der Waals surface area contributed by atoms with Gasteiger partial charge in [-0.25, -0.2) is 9.97 Å². The third kappa shape index (κ3) is 8.33. The van der Waals surface area contributed by atoms with Crippen LogP contribution in [0.4, 0.5) is 11.4 Å². The molecule has 0 fully saturated rings. The van der Waals surface area contributed by atoms with Crippen molar-refractivity contribution in [3.05, 3.63) is 83.7 Å². The lowest BCUT2D eigenvalue weighted by molar-refractivity contribution is -0.139. The maximum atomic E-state index is 14.0. The molecule has 0 spiro atoms. The SMILES string of the molecule is COc1ccc(CN(C(=O)CSc2nc(C)cc(C)n2)[C@@H](C(=O)Nc2ccc(N(C)C)cc2)[C@H]2CC=CCC2)cc1. The Balaban J connectivity index is 1.64. The Morgan fingerprint density at radius 1 is 1.02 bits per heavy atom. The van der Waals surface area contributed by atoms with Gasteiger partial charge in [-0.1, -0.05) is 36.0 Å². The summed E-state index contributed by atoms with van der Waals surface area (Å²) in [5.74, 6) is 0.541. The lowest BCUT2D eigenvalue weighted by Crippen LogP contribution is -2.51. The molecule has 4 rings (SSSR count). The zero-order valence-electron chi connectivity index (χ0n) is 24.5. The second-order valence-electron chi connectivity index (χ2n) is 10.5. The normalized spacial score (nSPS) is 15.2. The first-order chi connectivity index (χ1) is 19.7. The molecule has 0 unspecified atom stereocenters. The standard InChI is InChI=1S/C32H39N5O3S/c1-22-19-23(2)34-32(33-22)41-21-29(38)37(20-24-11-17-28(40-5)18-12-24)30(25-9-7-6-8-10-25)31(39)35-26-13-15-27(16-14-26)36(3)4/h6-7,11-19,25,30H,8-10,20-21H2,1-5H3,(H,35,39)/t25-,30+/m0/s1. The van der Waals surface area contributed by atoms with E-state index in [1.807, 2.05) is 87.4 Å². The Labute approximate surface area is 247 Å². The van der Waals surface area contributed by atoms with Crippen LogP contribution in [0.5, 0.6) is 5.75 Å². The van der Waals surface area contributed by atoms with Crippen molar-refractivity contribution < 1.29 is 14.3 Å². The topological polar surface area (TPSA) is 87.7 Å². The van der Waals surface area contributed by atoms with Crippen LogP contribution in [0.15, 0.2) is 71.9 Å². The number of hydrogen-bond donors (Lipinski definition) is 1. The van der Waals surface area contributed by atoms with Gasteiger partial charge >= 0.3 is 0 Å². The minimum atomic E-state index is -0.649. The molecule has 216 valence electrons. The smallest absolute Gasteiger partial charge is 0.247 e. The van der Waals surface area contributed by atoms with Crippen LogP contribution in [0.1, 0.15) is 36.2 Å². The predicted molar refractivity (Wildman–Crippen MR) is 165 cm³/mol. The second-order valence-corrected chi connectivity index (χ2v) is 11.5. The minimum absolute atomic E-state index is 0.00860. The lowest BCUT2D eigenvalue weighted by Gasteiger charge is -2.37. The van der Waals surface area contributed by atoms with Crippen molar-refractivity contribution in [2.24, 2.45) is 5.92 Å². The monoisotopic (exact) mass is 573 g/mol. The van der Waals surface area contributed by atoms with Gasteiger partial charge in [0.2, 0.25) is 11.8 Å². The molecule has 2 atom stereocenters. The molecule has 9 heteroatoms. The number of anilines is 2. The van der Waals surface area contributed by atoms with Crippen molar-refractivity contribution >= 4 is 35.0 Å². The van der Waals surface area contributed by atoms with E-state index in [9.17, 15) is 9.59 Å². The van der Waals surface area contributed by atoms with Crippen LogP contribution in [-0.2, 0) is 16.1 Å². The number of carbonyl (C=O) groups excluding carboxylic acids is 2. The summed E-state index contributed by atoms with van der Waals surface area (Å²) in [6.07, 6.45) is 6.70. The second kappa shape index (κ2) is 14.2. The summed E-state index contributed by atoms with van der Waals surface area (Å²) in [4.78, 5) is 40.8. The van der Waals surface area contributed by atoms with Gasteiger partial charge in [-0.3, -0.25) is 9.59 Å². The molecule has 0 radical (unpaired) electrons. The molecule has 3 aromatic rings. The third-order valence-corrected chi connectivity index (χ3v) is 7.96. The van der Waals surface area contributed by atoms with E-state index in [1.54, 1.807) is 12.0 Å². The van der Waals surface area contributed by atoms with Crippen molar-refractivity contribution in [3.63, 3.8) is 0 Å². The summed E-state index contributed by atoms with van der Waals surface area (Å²) in [7, 11) is 5.58. The summed E-state index contributed by atoms with van der Waals surface area (Å²) >= 11 is 1.30. The molecule has 8 nitrogen and oxygen atoms in total. The number of aromatic nitrogens is 2. The van der Waals surface area contributed by atoms with Crippen LogP contribution in [0.25, 0.3) is 0 Å². The van der Waals surface area contributed by atoms with Crippen LogP contribution in [0.3, 0.4) is 0 Å². The van der Waals surface area contributed by atoms with E-state index in [0.29, 0.717) is 17.4 Å². The maximum Gasteiger partial charge on any atom is 0.247 e. The van der Waals surface area contributed by atoms with E-state index in [0.717, 1.165) is 47.7 Å². The number of carbonyl (C=O) groups is 2. The number of amides is 2. The van der Waals surface area contributed by atoms with Crippen LogP contribution < -0.4 is 15.0 Å².